The van der Waals surface area contributed by atoms with Gasteiger partial charge in [0.25, 0.3) is 0 Å². The molecule has 0 aromatic heterocycles. The maximum atomic E-state index is 14.8. The zero-order valence-corrected chi connectivity index (χ0v) is 20.8. The Morgan fingerprint density at radius 2 is 1.55 bits per heavy atom. The smallest absolute Gasteiger partial charge is 0.226 e. The minimum atomic E-state index is -3.38. The molecule has 8 heteroatoms. The Morgan fingerprint density at radius 1 is 0.879 bits per heavy atom. The van der Waals surface area contributed by atoms with Crippen LogP contribution < -0.4 is 0 Å². The first-order chi connectivity index (χ1) is 15.7. The molecule has 0 bridgehead atoms. The largest absolute Gasteiger partial charge is 0.335 e. The maximum absolute atomic E-state index is 14.8. The van der Waals surface area contributed by atoms with E-state index in [0.29, 0.717) is 32.2 Å². The molecule has 186 valence electrons. The van der Waals surface area contributed by atoms with Crippen molar-refractivity contribution in [2.24, 2.45) is 17.8 Å². The number of sulfone groups is 1. The van der Waals surface area contributed by atoms with E-state index in [9.17, 15) is 22.4 Å². The van der Waals surface area contributed by atoms with Gasteiger partial charge in [0.2, 0.25) is 11.8 Å². The number of amides is 2. The van der Waals surface area contributed by atoms with E-state index < -0.39 is 21.3 Å². The highest BCUT2D eigenvalue weighted by molar-refractivity contribution is 7.93. The predicted molar refractivity (Wildman–Crippen MR) is 124 cm³/mol. The molecule has 5 fully saturated rings. The Hall–Kier alpha value is -1.18. The molecule has 0 aromatic carbocycles. The third-order valence-corrected chi connectivity index (χ3v) is 12.2. The Bertz CT molecular complexity index is 887. The van der Waals surface area contributed by atoms with E-state index in [4.69, 9.17) is 0 Å². The van der Waals surface area contributed by atoms with Gasteiger partial charge in [-0.3, -0.25) is 9.59 Å². The van der Waals surface area contributed by atoms with Crippen LogP contribution in [-0.4, -0.2) is 71.4 Å². The molecule has 0 N–H and O–H groups in total. The molecule has 1 saturated heterocycles. The summed E-state index contributed by atoms with van der Waals surface area (Å²) in [6, 6.07) is 0.0490. The predicted octanol–water partition coefficient (Wildman–Crippen LogP) is 3.49. The van der Waals surface area contributed by atoms with E-state index in [0.717, 1.165) is 44.9 Å². The van der Waals surface area contributed by atoms with Crippen molar-refractivity contribution < 1.29 is 22.4 Å². The highest BCUT2D eigenvalue weighted by atomic mass is 32.2. The summed E-state index contributed by atoms with van der Waals surface area (Å²) in [5.74, 6) is 0.905. The normalized spacial score (nSPS) is 40.2. The van der Waals surface area contributed by atoms with Gasteiger partial charge in [0, 0.05) is 25.4 Å². The highest BCUT2D eigenvalue weighted by Gasteiger charge is 2.51. The van der Waals surface area contributed by atoms with Crippen molar-refractivity contribution in [2.45, 2.75) is 119 Å². The van der Waals surface area contributed by atoms with E-state index in [1.54, 1.807) is 6.92 Å². The molecule has 1 aliphatic heterocycles. The summed E-state index contributed by atoms with van der Waals surface area (Å²) in [6.07, 6.45) is 7.18. The molecule has 0 spiro atoms. The molecular weight excluding hydrogens is 443 g/mol. The zero-order chi connectivity index (χ0) is 23.5. The average molecular weight is 483 g/mol. The summed E-state index contributed by atoms with van der Waals surface area (Å²) in [5.41, 5.74) is 0. The van der Waals surface area contributed by atoms with Crippen LogP contribution in [0.5, 0.6) is 0 Å². The molecule has 6 unspecified atom stereocenters. The third-order valence-electron chi connectivity index (χ3n) is 9.45. The molecule has 4 aliphatic carbocycles. The number of carbonyl (C=O) groups is 2. The summed E-state index contributed by atoms with van der Waals surface area (Å²) in [7, 11) is -3.38. The Kier molecular flexibility index (Phi) is 6.28. The Balaban J connectivity index is 1.35. The molecule has 6 nitrogen and oxygen atoms in total. The van der Waals surface area contributed by atoms with Crippen LogP contribution in [0.4, 0.5) is 4.39 Å². The van der Waals surface area contributed by atoms with Crippen LogP contribution in [-0.2, 0) is 19.4 Å². The van der Waals surface area contributed by atoms with Gasteiger partial charge in [-0.05, 0) is 83.0 Å². The SMILES string of the molecule is CC(=O)N1C2CCC(C3CCC(F)C(S(=O)(=O)C4CC4)C3)CC2N(C(=O)C2CCC2)C[C@@H]1C. The Labute approximate surface area is 197 Å². The molecule has 5 rings (SSSR count). The van der Waals surface area contributed by atoms with Crippen LogP contribution >= 0.6 is 0 Å². The first-order valence-electron chi connectivity index (χ1n) is 13.1. The van der Waals surface area contributed by atoms with Crippen LogP contribution in [0.1, 0.15) is 84.5 Å². The summed E-state index contributed by atoms with van der Waals surface area (Å²) >= 11 is 0. The van der Waals surface area contributed by atoms with Gasteiger partial charge in [0.1, 0.15) is 6.17 Å². The van der Waals surface area contributed by atoms with Crippen molar-refractivity contribution in [3.05, 3.63) is 0 Å². The maximum Gasteiger partial charge on any atom is 0.226 e. The molecule has 0 aromatic rings. The van der Waals surface area contributed by atoms with Gasteiger partial charge in [0.05, 0.1) is 22.6 Å². The lowest BCUT2D eigenvalue weighted by molar-refractivity contribution is -0.159. The van der Waals surface area contributed by atoms with Gasteiger partial charge >= 0.3 is 0 Å². The molecule has 1 heterocycles. The number of fused-ring (bicyclic) bond motifs is 1. The molecule has 2 amide bonds. The van der Waals surface area contributed by atoms with E-state index in [2.05, 4.69) is 4.90 Å². The van der Waals surface area contributed by atoms with Gasteiger partial charge in [-0.2, -0.15) is 0 Å². The monoisotopic (exact) mass is 482 g/mol. The summed E-state index contributed by atoms with van der Waals surface area (Å²) in [6.45, 7) is 4.25. The number of carbonyl (C=O) groups excluding carboxylic acids is 2. The van der Waals surface area contributed by atoms with Gasteiger partial charge < -0.3 is 9.80 Å². The summed E-state index contributed by atoms with van der Waals surface area (Å²) in [5, 5.41) is -1.18. The van der Waals surface area contributed by atoms with Crippen molar-refractivity contribution in [1.29, 1.82) is 0 Å². The lowest BCUT2D eigenvalue weighted by atomic mass is 9.69. The number of halogens is 1. The number of alkyl halides is 1. The standard InChI is InChI=1S/C25H39FN2O4S/c1-15-14-27(25(30)17-4-3-5-17)23-12-18(7-11-22(23)28(15)16(2)29)19-6-10-21(26)24(13-19)33(31,32)20-8-9-20/h15,17-24H,3-14H2,1-2H3/t15-,18?,19?,21?,22?,23?,24?/m0/s1. The minimum absolute atomic E-state index is 0.00135. The topological polar surface area (TPSA) is 74.8 Å². The van der Waals surface area contributed by atoms with Crippen LogP contribution in [0, 0.1) is 17.8 Å². The van der Waals surface area contributed by atoms with Gasteiger partial charge in [0.15, 0.2) is 9.84 Å². The van der Waals surface area contributed by atoms with Crippen LogP contribution in [0.3, 0.4) is 0 Å². The molecule has 7 atom stereocenters. The lowest BCUT2D eigenvalue weighted by Gasteiger charge is -2.56. The molecule has 33 heavy (non-hydrogen) atoms. The average Bonchev–Trinajstić information content (AvgIpc) is 3.57. The quantitative estimate of drug-likeness (QED) is 0.615. The van der Waals surface area contributed by atoms with Gasteiger partial charge in [-0.25, -0.2) is 12.8 Å². The van der Waals surface area contributed by atoms with Crippen LogP contribution in [0.2, 0.25) is 0 Å². The molecule has 5 aliphatic rings. The van der Waals surface area contributed by atoms with Crippen molar-refractivity contribution in [3.8, 4) is 0 Å². The molecule has 4 saturated carbocycles. The number of hydrogen-bond donors (Lipinski definition) is 0. The van der Waals surface area contributed by atoms with Gasteiger partial charge in [-0.15, -0.1) is 0 Å². The fourth-order valence-corrected chi connectivity index (χ4v) is 9.66. The first kappa shape index (κ1) is 23.6. The fraction of sp³-hybridized carbons (Fsp3) is 0.920. The second kappa shape index (κ2) is 8.80. The van der Waals surface area contributed by atoms with E-state index in [1.807, 2.05) is 11.8 Å². The Morgan fingerprint density at radius 3 is 2.15 bits per heavy atom. The van der Waals surface area contributed by atoms with Gasteiger partial charge in [-0.1, -0.05) is 6.42 Å². The van der Waals surface area contributed by atoms with Crippen molar-refractivity contribution in [1.82, 2.24) is 9.80 Å². The number of nitrogens with zero attached hydrogens (tertiary/aromatic N) is 2. The second-order valence-corrected chi connectivity index (χ2v) is 14.0. The first-order valence-corrected chi connectivity index (χ1v) is 14.8. The van der Waals surface area contributed by atoms with Crippen LogP contribution in [0.25, 0.3) is 0 Å². The summed E-state index contributed by atoms with van der Waals surface area (Å²) < 4.78 is 40.5. The number of rotatable bonds is 4. The highest BCUT2D eigenvalue weighted by Crippen LogP contribution is 2.46. The van der Waals surface area contributed by atoms with Crippen molar-refractivity contribution >= 4 is 21.7 Å². The lowest BCUT2D eigenvalue weighted by Crippen LogP contribution is -2.68. The molecular formula is C25H39FN2O4S. The van der Waals surface area contributed by atoms with Crippen molar-refractivity contribution in [2.75, 3.05) is 6.54 Å². The number of piperazine rings is 1. The molecule has 0 radical (unpaired) electrons. The zero-order valence-electron chi connectivity index (χ0n) is 20.0. The fourth-order valence-electron chi connectivity index (χ4n) is 7.31. The van der Waals surface area contributed by atoms with Crippen LogP contribution in [0.15, 0.2) is 0 Å². The third kappa shape index (κ3) is 4.23. The minimum Gasteiger partial charge on any atom is -0.335 e. The van der Waals surface area contributed by atoms with E-state index in [1.165, 1.54) is 0 Å². The summed E-state index contributed by atoms with van der Waals surface area (Å²) in [4.78, 5) is 29.9. The van der Waals surface area contributed by atoms with E-state index in [-0.39, 0.29) is 52.9 Å². The second-order valence-electron chi connectivity index (χ2n) is 11.5. The van der Waals surface area contributed by atoms with Crippen molar-refractivity contribution in [3.63, 3.8) is 0 Å². The van der Waals surface area contributed by atoms with E-state index >= 15 is 0 Å². The number of hydrogen-bond acceptors (Lipinski definition) is 4.